The second-order valence-corrected chi connectivity index (χ2v) is 8.57. The van der Waals surface area contributed by atoms with Gasteiger partial charge in [0.05, 0.1) is 15.8 Å². The average molecular weight is 455 g/mol. The third kappa shape index (κ3) is 4.16. The summed E-state index contributed by atoms with van der Waals surface area (Å²) in [6, 6.07) is 8.47. The first-order chi connectivity index (χ1) is 12.5. The number of rotatable bonds is 6. The molecule has 3 rings (SSSR count). The molecule has 1 aromatic carbocycles. The number of halogens is 2. The van der Waals surface area contributed by atoms with Gasteiger partial charge < -0.3 is 9.88 Å². The monoisotopic (exact) mass is 454 g/mol. The van der Waals surface area contributed by atoms with Crippen LogP contribution < -0.4 is 5.32 Å². The van der Waals surface area contributed by atoms with E-state index >= 15 is 0 Å². The lowest BCUT2D eigenvalue weighted by atomic mass is 10.3. The number of nitrogens with zero attached hydrogens (tertiary/aromatic N) is 3. The first-order valence-corrected chi connectivity index (χ1v) is 10.4. The maximum Gasteiger partial charge on any atom is 0.237 e. The fourth-order valence-corrected chi connectivity index (χ4v) is 4.25. The minimum Gasteiger partial charge on any atom is -0.323 e. The summed E-state index contributed by atoms with van der Waals surface area (Å²) in [5.74, 6) is 0.0118. The van der Waals surface area contributed by atoms with Crippen LogP contribution in [0.3, 0.4) is 0 Å². The number of thiophene rings is 1. The SMILES string of the molecule is CCn1c(SC(C)C(=O)Nc2ccc(Br)cc2F)nnc1-c1cccs1. The van der Waals surface area contributed by atoms with Crippen molar-refractivity contribution in [2.75, 3.05) is 5.32 Å². The van der Waals surface area contributed by atoms with Gasteiger partial charge in [0, 0.05) is 11.0 Å². The Morgan fingerprint density at radius 3 is 2.88 bits per heavy atom. The Balaban J connectivity index is 1.73. The number of anilines is 1. The lowest BCUT2D eigenvalue weighted by Crippen LogP contribution is -2.23. The highest BCUT2D eigenvalue weighted by Crippen LogP contribution is 2.29. The molecule has 9 heteroatoms. The number of hydrogen-bond donors (Lipinski definition) is 1. The Labute approximate surface area is 167 Å². The molecule has 26 heavy (non-hydrogen) atoms. The van der Waals surface area contributed by atoms with Crippen molar-refractivity contribution in [1.82, 2.24) is 14.8 Å². The predicted molar refractivity (Wildman–Crippen MR) is 107 cm³/mol. The highest BCUT2D eigenvalue weighted by atomic mass is 79.9. The van der Waals surface area contributed by atoms with Crippen molar-refractivity contribution in [3.05, 3.63) is 46.0 Å². The van der Waals surface area contributed by atoms with Crippen molar-refractivity contribution < 1.29 is 9.18 Å². The topological polar surface area (TPSA) is 59.8 Å². The molecule has 0 aliphatic rings. The zero-order chi connectivity index (χ0) is 18.7. The van der Waals surface area contributed by atoms with Gasteiger partial charge in [-0.1, -0.05) is 33.8 Å². The summed E-state index contributed by atoms with van der Waals surface area (Å²) < 4.78 is 16.5. The molecule has 0 aliphatic carbocycles. The van der Waals surface area contributed by atoms with E-state index in [-0.39, 0.29) is 11.6 Å². The summed E-state index contributed by atoms with van der Waals surface area (Å²) in [5.41, 5.74) is 0.155. The van der Waals surface area contributed by atoms with Crippen LogP contribution in [0.5, 0.6) is 0 Å². The second kappa shape index (κ2) is 8.32. The Hall–Kier alpha value is -1.71. The van der Waals surface area contributed by atoms with Crippen molar-refractivity contribution in [3.63, 3.8) is 0 Å². The van der Waals surface area contributed by atoms with Crippen molar-refractivity contribution in [2.45, 2.75) is 30.8 Å². The van der Waals surface area contributed by atoms with Gasteiger partial charge in [-0.15, -0.1) is 21.5 Å². The highest BCUT2D eigenvalue weighted by Gasteiger charge is 2.21. The molecule has 0 radical (unpaired) electrons. The average Bonchev–Trinajstić information content (AvgIpc) is 3.26. The molecule has 5 nitrogen and oxygen atoms in total. The molecule has 2 heterocycles. The Kier molecular flexibility index (Phi) is 6.10. The van der Waals surface area contributed by atoms with Gasteiger partial charge in [-0.25, -0.2) is 4.39 Å². The van der Waals surface area contributed by atoms with Gasteiger partial charge in [0.2, 0.25) is 5.91 Å². The molecule has 1 amide bonds. The first kappa shape index (κ1) is 19.1. The van der Waals surface area contributed by atoms with E-state index in [9.17, 15) is 9.18 Å². The number of carbonyl (C=O) groups is 1. The number of hydrogen-bond acceptors (Lipinski definition) is 5. The Bertz CT molecular complexity index is 914. The molecule has 0 saturated carbocycles. The van der Waals surface area contributed by atoms with E-state index in [1.54, 1.807) is 24.3 Å². The molecule has 1 N–H and O–H groups in total. The molecule has 0 aliphatic heterocycles. The summed E-state index contributed by atoms with van der Waals surface area (Å²) in [4.78, 5) is 13.5. The maximum absolute atomic E-state index is 13.9. The van der Waals surface area contributed by atoms with Gasteiger partial charge in [0.25, 0.3) is 0 Å². The molecule has 0 saturated heterocycles. The standard InChI is InChI=1S/C17H16BrFN4OS2/c1-3-23-15(14-5-4-8-25-14)21-22-17(23)26-10(2)16(24)20-13-7-6-11(18)9-12(13)19/h4-10H,3H2,1-2H3,(H,20,24). The summed E-state index contributed by atoms with van der Waals surface area (Å²) in [6.45, 7) is 4.46. The van der Waals surface area contributed by atoms with Gasteiger partial charge >= 0.3 is 0 Å². The molecular weight excluding hydrogens is 439 g/mol. The Morgan fingerprint density at radius 2 is 2.23 bits per heavy atom. The third-order valence-electron chi connectivity index (χ3n) is 3.62. The van der Waals surface area contributed by atoms with Crippen molar-refractivity contribution in [3.8, 4) is 10.7 Å². The lowest BCUT2D eigenvalue weighted by Gasteiger charge is -2.13. The normalized spacial score (nSPS) is 12.2. The smallest absolute Gasteiger partial charge is 0.237 e. The van der Waals surface area contributed by atoms with Crippen LogP contribution in [0, 0.1) is 5.82 Å². The summed E-state index contributed by atoms with van der Waals surface area (Å²) in [7, 11) is 0. The summed E-state index contributed by atoms with van der Waals surface area (Å²) >= 11 is 6.09. The lowest BCUT2D eigenvalue weighted by molar-refractivity contribution is -0.115. The van der Waals surface area contributed by atoms with E-state index in [0.29, 0.717) is 16.2 Å². The van der Waals surface area contributed by atoms with Gasteiger partial charge in [0.1, 0.15) is 5.82 Å². The molecule has 0 bridgehead atoms. The van der Waals surface area contributed by atoms with Crippen molar-refractivity contribution >= 4 is 50.6 Å². The molecule has 2 aromatic heterocycles. The predicted octanol–water partition coefficient (Wildman–Crippen LogP) is 5.05. The molecule has 1 unspecified atom stereocenters. The van der Waals surface area contributed by atoms with E-state index in [1.807, 2.05) is 29.0 Å². The molecule has 0 spiro atoms. The largest absolute Gasteiger partial charge is 0.323 e. The number of nitrogens with one attached hydrogen (secondary N) is 1. The molecule has 1 atom stereocenters. The minimum atomic E-state index is -0.485. The highest BCUT2D eigenvalue weighted by molar-refractivity contribution is 9.10. The van der Waals surface area contributed by atoms with Crippen LogP contribution in [0.25, 0.3) is 10.7 Å². The summed E-state index contributed by atoms with van der Waals surface area (Å²) in [6.07, 6.45) is 0. The van der Waals surface area contributed by atoms with Crippen LogP contribution in [0.1, 0.15) is 13.8 Å². The zero-order valence-electron chi connectivity index (χ0n) is 14.1. The van der Waals surface area contributed by atoms with Gasteiger partial charge in [0.15, 0.2) is 11.0 Å². The van der Waals surface area contributed by atoms with Gasteiger partial charge in [-0.3, -0.25) is 4.79 Å². The van der Waals surface area contributed by atoms with E-state index < -0.39 is 11.1 Å². The second-order valence-electron chi connectivity index (χ2n) is 5.40. The van der Waals surface area contributed by atoms with E-state index in [0.717, 1.165) is 10.7 Å². The van der Waals surface area contributed by atoms with Crippen LogP contribution in [0.2, 0.25) is 0 Å². The maximum atomic E-state index is 13.9. The number of benzene rings is 1. The van der Waals surface area contributed by atoms with Crippen LogP contribution >= 0.6 is 39.0 Å². The molecule has 136 valence electrons. The van der Waals surface area contributed by atoms with Gasteiger partial charge in [-0.2, -0.15) is 0 Å². The quantitative estimate of drug-likeness (QED) is 0.529. The van der Waals surface area contributed by atoms with Crippen molar-refractivity contribution in [1.29, 1.82) is 0 Å². The third-order valence-corrected chi connectivity index (χ3v) is 6.05. The van der Waals surface area contributed by atoms with Crippen LogP contribution in [0.4, 0.5) is 10.1 Å². The van der Waals surface area contributed by atoms with Crippen LogP contribution in [-0.4, -0.2) is 25.9 Å². The van der Waals surface area contributed by atoms with E-state index in [1.165, 1.54) is 23.9 Å². The minimum absolute atomic E-state index is 0.155. The summed E-state index contributed by atoms with van der Waals surface area (Å²) in [5, 5.41) is 13.3. The van der Waals surface area contributed by atoms with E-state index in [2.05, 4.69) is 31.4 Å². The van der Waals surface area contributed by atoms with Crippen molar-refractivity contribution in [2.24, 2.45) is 0 Å². The fourth-order valence-electron chi connectivity index (χ4n) is 2.29. The molecular formula is C17H16BrFN4OS2. The zero-order valence-corrected chi connectivity index (χ0v) is 17.3. The Morgan fingerprint density at radius 1 is 1.42 bits per heavy atom. The number of amides is 1. The number of aromatic nitrogens is 3. The first-order valence-electron chi connectivity index (χ1n) is 7.89. The number of carbonyl (C=O) groups excluding carboxylic acids is 1. The van der Waals surface area contributed by atoms with Crippen LogP contribution in [-0.2, 0) is 11.3 Å². The van der Waals surface area contributed by atoms with Gasteiger partial charge in [-0.05, 0) is 43.5 Å². The fraction of sp³-hybridized carbons (Fsp3) is 0.235. The van der Waals surface area contributed by atoms with Crippen LogP contribution in [0.15, 0.2) is 45.3 Å². The van der Waals surface area contributed by atoms with E-state index in [4.69, 9.17) is 0 Å². The number of thioether (sulfide) groups is 1. The molecule has 0 fully saturated rings. The molecule has 3 aromatic rings.